The van der Waals surface area contributed by atoms with Gasteiger partial charge in [-0.1, -0.05) is 60.8 Å². The standard InChI is InChI=1S/C25H32Cl3N3O4S/c1-6-17(4)29-25(33)23(7-2)30(14-19-20(26)9-8-10-21(19)27)24(32)15-31(36(5,34)35)18-12-11-16(3)22(28)13-18/h8-13,17,23H,6-7,14-15H2,1-5H3,(H,29,33)/t17-,23-/m0/s1. The summed E-state index contributed by atoms with van der Waals surface area (Å²) in [5, 5.41) is 3.95. The highest BCUT2D eigenvalue weighted by Crippen LogP contribution is 2.28. The molecule has 198 valence electrons. The first-order valence-corrected chi connectivity index (χ1v) is 14.5. The molecular formula is C25H32Cl3N3O4S. The number of rotatable bonds is 11. The summed E-state index contributed by atoms with van der Waals surface area (Å²) >= 11 is 19.0. The molecule has 0 aliphatic carbocycles. The predicted molar refractivity (Wildman–Crippen MR) is 147 cm³/mol. The molecule has 2 atom stereocenters. The van der Waals surface area contributed by atoms with Gasteiger partial charge in [-0.15, -0.1) is 0 Å². The van der Waals surface area contributed by atoms with E-state index in [1.54, 1.807) is 44.2 Å². The molecule has 0 radical (unpaired) electrons. The summed E-state index contributed by atoms with van der Waals surface area (Å²) < 4.78 is 26.4. The molecule has 11 heteroatoms. The summed E-state index contributed by atoms with van der Waals surface area (Å²) in [7, 11) is -3.87. The van der Waals surface area contributed by atoms with E-state index >= 15 is 0 Å². The van der Waals surface area contributed by atoms with Gasteiger partial charge >= 0.3 is 0 Å². The summed E-state index contributed by atoms with van der Waals surface area (Å²) in [5.74, 6) is -0.924. The van der Waals surface area contributed by atoms with Crippen molar-refractivity contribution in [3.8, 4) is 0 Å². The lowest BCUT2D eigenvalue weighted by Crippen LogP contribution is -2.53. The minimum atomic E-state index is -3.87. The number of hydrogen-bond donors (Lipinski definition) is 1. The van der Waals surface area contributed by atoms with Gasteiger partial charge in [0.05, 0.1) is 11.9 Å². The van der Waals surface area contributed by atoms with Gasteiger partial charge in [0.2, 0.25) is 21.8 Å². The predicted octanol–water partition coefficient (Wildman–Crippen LogP) is 5.44. The number of halogens is 3. The maximum absolute atomic E-state index is 13.7. The lowest BCUT2D eigenvalue weighted by molar-refractivity contribution is -0.140. The minimum Gasteiger partial charge on any atom is -0.352 e. The van der Waals surface area contributed by atoms with E-state index in [9.17, 15) is 18.0 Å². The van der Waals surface area contributed by atoms with Crippen LogP contribution in [0.5, 0.6) is 0 Å². The van der Waals surface area contributed by atoms with Crippen molar-refractivity contribution in [2.75, 3.05) is 17.1 Å². The van der Waals surface area contributed by atoms with Crippen LogP contribution in [0.3, 0.4) is 0 Å². The summed E-state index contributed by atoms with van der Waals surface area (Å²) in [6, 6.07) is 8.74. The van der Waals surface area contributed by atoms with Gasteiger partial charge in [0.25, 0.3) is 0 Å². The molecule has 0 aliphatic rings. The van der Waals surface area contributed by atoms with Crippen molar-refractivity contribution in [1.82, 2.24) is 10.2 Å². The Balaban J connectivity index is 2.52. The Morgan fingerprint density at radius 3 is 2.11 bits per heavy atom. The number of anilines is 1. The average Bonchev–Trinajstić information content (AvgIpc) is 2.80. The second kappa shape index (κ2) is 13.0. The van der Waals surface area contributed by atoms with Gasteiger partial charge in [0.1, 0.15) is 12.6 Å². The molecule has 0 saturated heterocycles. The number of hydrogen-bond acceptors (Lipinski definition) is 4. The third kappa shape index (κ3) is 7.75. The van der Waals surface area contributed by atoms with E-state index in [1.807, 2.05) is 13.8 Å². The Morgan fingerprint density at radius 1 is 1.00 bits per heavy atom. The number of benzene rings is 2. The number of nitrogens with zero attached hydrogens (tertiary/aromatic N) is 2. The molecule has 0 saturated carbocycles. The number of sulfonamides is 1. The highest BCUT2D eigenvalue weighted by Gasteiger charge is 2.33. The minimum absolute atomic E-state index is 0.0734. The van der Waals surface area contributed by atoms with Crippen LogP contribution in [-0.2, 0) is 26.2 Å². The summed E-state index contributed by atoms with van der Waals surface area (Å²) in [4.78, 5) is 28.2. The molecule has 2 amide bonds. The zero-order valence-corrected chi connectivity index (χ0v) is 24.1. The number of nitrogens with one attached hydrogen (secondary N) is 1. The Morgan fingerprint density at radius 2 is 1.61 bits per heavy atom. The SMILES string of the molecule is CC[C@H](C)NC(=O)[C@H](CC)N(Cc1c(Cl)cccc1Cl)C(=O)CN(c1ccc(C)c(Cl)c1)S(C)(=O)=O. The molecule has 7 nitrogen and oxygen atoms in total. The monoisotopic (exact) mass is 575 g/mol. The van der Waals surface area contributed by atoms with Gasteiger partial charge in [-0.05, 0) is 56.5 Å². The van der Waals surface area contributed by atoms with Gasteiger partial charge in [-0.3, -0.25) is 13.9 Å². The topological polar surface area (TPSA) is 86.8 Å². The van der Waals surface area contributed by atoms with Crippen LogP contribution < -0.4 is 9.62 Å². The second-order valence-corrected chi connectivity index (χ2v) is 11.8. The van der Waals surface area contributed by atoms with Crippen LogP contribution in [0.1, 0.15) is 44.7 Å². The molecular weight excluding hydrogens is 545 g/mol. The van der Waals surface area contributed by atoms with Crippen LogP contribution in [0.25, 0.3) is 0 Å². The zero-order chi connectivity index (χ0) is 27.2. The second-order valence-electron chi connectivity index (χ2n) is 8.67. The molecule has 36 heavy (non-hydrogen) atoms. The molecule has 2 aromatic rings. The van der Waals surface area contributed by atoms with Crippen LogP contribution in [-0.4, -0.2) is 50.0 Å². The molecule has 0 unspecified atom stereocenters. The largest absolute Gasteiger partial charge is 0.352 e. The van der Waals surface area contributed by atoms with E-state index in [4.69, 9.17) is 34.8 Å². The van der Waals surface area contributed by atoms with Crippen LogP contribution in [0.2, 0.25) is 15.1 Å². The lowest BCUT2D eigenvalue weighted by Gasteiger charge is -2.33. The Hall–Kier alpha value is -2.00. The molecule has 2 aromatic carbocycles. The summed E-state index contributed by atoms with van der Waals surface area (Å²) in [5.41, 5.74) is 1.48. The number of carbonyl (C=O) groups excluding carboxylic acids is 2. The summed E-state index contributed by atoms with van der Waals surface area (Å²) in [6.45, 7) is 6.77. The van der Waals surface area contributed by atoms with E-state index in [2.05, 4.69) is 5.32 Å². The normalized spacial score (nSPS) is 13.1. The highest BCUT2D eigenvalue weighted by atomic mass is 35.5. The molecule has 1 N–H and O–H groups in total. The van der Waals surface area contributed by atoms with Crippen molar-refractivity contribution in [2.24, 2.45) is 0 Å². The number of amides is 2. The lowest BCUT2D eigenvalue weighted by atomic mass is 10.1. The molecule has 0 bridgehead atoms. The molecule has 0 spiro atoms. The average molecular weight is 577 g/mol. The number of aryl methyl sites for hydroxylation is 1. The van der Waals surface area contributed by atoms with Crippen molar-refractivity contribution >= 4 is 62.3 Å². The fraction of sp³-hybridized carbons (Fsp3) is 0.440. The van der Waals surface area contributed by atoms with Crippen LogP contribution in [0.4, 0.5) is 5.69 Å². The first-order valence-electron chi connectivity index (χ1n) is 11.6. The maximum atomic E-state index is 13.7. The van der Waals surface area contributed by atoms with E-state index in [0.29, 0.717) is 33.5 Å². The van der Waals surface area contributed by atoms with Crippen LogP contribution in [0, 0.1) is 6.92 Å². The molecule has 2 rings (SSSR count). The summed E-state index contributed by atoms with van der Waals surface area (Å²) in [6.07, 6.45) is 2.02. The van der Waals surface area contributed by atoms with Crippen molar-refractivity contribution in [3.63, 3.8) is 0 Å². The van der Waals surface area contributed by atoms with Crippen molar-refractivity contribution in [3.05, 3.63) is 62.6 Å². The van der Waals surface area contributed by atoms with Gasteiger partial charge in [-0.25, -0.2) is 8.42 Å². The first kappa shape index (κ1) is 30.2. The Kier molecular flexibility index (Phi) is 10.9. The van der Waals surface area contributed by atoms with Crippen molar-refractivity contribution in [2.45, 2.75) is 59.2 Å². The first-order chi connectivity index (χ1) is 16.8. The fourth-order valence-corrected chi connectivity index (χ4v) is 5.10. The molecule has 0 heterocycles. The Labute approximate surface area is 228 Å². The highest BCUT2D eigenvalue weighted by molar-refractivity contribution is 7.92. The van der Waals surface area contributed by atoms with E-state index < -0.39 is 28.5 Å². The third-order valence-electron chi connectivity index (χ3n) is 5.90. The molecule has 0 aromatic heterocycles. The van der Waals surface area contributed by atoms with Crippen molar-refractivity contribution in [1.29, 1.82) is 0 Å². The van der Waals surface area contributed by atoms with Crippen LogP contribution >= 0.6 is 34.8 Å². The maximum Gasteiger partial charge on any atom is 0.244 e. The quantitative estimate of drug-likeness (QED) is 0.386. The van der Waals surface area contributed by atoms with Gasteiger partial charge in [0.15, 0.2) is 0 Å². The van der Waals surface area contributed by atoms with Crippen LogP contribution in [0.15, 0.2) is 36.4 Å². The fourth-order valence-electron chi connectivity index (χ4n) is 3.56. The molecule has 0 fully saturated rings. The van der Waals surface area contributed by atoms with E-state index in [1.165, 1.54) is 11.0 Å². The van der Waals surface area contributed by atoms with Crippen molar-refractivity contribution < 1.29 is 18.0 Å². The zero-order valence-electron chi connectivity index (χ0n) is 21.0. The smallest absolute Gasteiger partial charge is 0.244 e. The molecule has 0 aliphatic heterocycles. The third-order valence-corrected chi connectivity index (χ3v) is 8.16. The number of carbonyl (C=O) groups is 2. The van der Waals surface area contributed by atoms with E-state index in [-0.39, 0.29) is 24.2 Å². The van der Waals surface area contributed by atoms with Gasteiger partial charge in [-0.2, -0.15) is 0 Å². The van der Waals surface area contributed by atoms with Gasteiger partial charge < -0.3 is 10.2 Å². The van der Waals surface area contributed by atoms with E-state index in [0.717, 1.165) is 16.1 Å². The van der Waals surface area contributed by atoms with Gasteiger partial charge in [0, 0.05) is 33.2 Å². The Bertz CT molecular complexity index is 1190.